The molecule has 2 rings (SSSR count). The summed E-state index contributed by atoms with van der Waals surface area (Å²) in [6.45, 7) is 0. The molecule has 74 valence electrons. The molecule has 0 spiro atoms. The van der Waals surface area contributed by atoms with Crippen molar-refractivity contribution < 1.29 is 0 Å². The molecule has 2 atom stereocenters. The van der Waals surface area contributed by atoms with Gasteiger partial charge in [0.1, 0.15) is 6.07 Å². The highest BCUT2D eigenvalue weighted by atomic mass is 15.5. The van der Waals surface area contributed by atoms with Crippen LogP contribution >= 0.6 is 0 Å². The first-order chi connectivity index (χ1) is 6.83. The van der Waals surface area contributed by atoms with Crippen LogP contribution in [0.15, 0.2) is 6.20 Å². The monoisotopic (exact) mass is 191 g/mol. The molecule has 0 aliphatic heterocycles. The summed E-state index contributed by atoms with van der Waals surface area (Å²) in [7, 11) is 1.98. The minimum atomic E-state index is 0.356. The summed E-state index contributed by atoms with van der Waals surface area (Å²) in [5.41, 5.74) is 0.401. The van der Waals surface area contributed by atoms with Gasteiger partial charge in [-0.15, -0.1) is 5.10 Å². The molecule has 1 saturated carbocycles. The molecular formula is C9H13N5. The average molecular weight is 191 g/mol. The van der Waals surface area contributed by atoms with Gasteiger partial charge in [0.15, 0.2) is 5.69 Å². The van der Waals surface area contributed by atoms with Crippen molar-refractivity contribution in [1.29, 1.82) is 5.26 Å². The van der Waals surface area contributed by atoms with Crippen LogP contribution in [0.5, 0.6) is 0 Å². The molecule has 0 saturated heterocycles. The van der Waals surface area contributed by atoms with Crippen molar-refractivity contribution >= 4 is 0 Å². The minimum Gasteiger partial charge on any atom is -0.317 e. The molecule has 2 unspecified atom stereocenters. The molecule has 1 aliphatic rings. The van der Waals surface area contributed by atoms with E-state index in [1.54, 1.807) is 4.80 Å². The number of nitrogens with zero attached hydrogens (tertiary/aromatic N) is 4. The molecule has 14 heavy (non-hydrogen) atoms. The Morgan fingerprint density at radius 3 is 3.07 bits per heavy atom. The lowest BCUT2D eigenvalue weighted by molar-refractivity contribution is 0.402. The number of rotatable bonds is 2. The van der Waals surface area contributed by atoms with E-state index >= 15 is 0 Å². The van der Waals surface area contributed by atoms with Crippen molar-refractivity contribution in [3.8, 4) is 6.07 Å². The molecule has 1 aromatic heterocycles. The Bertz CT molecular complexity index is 350. The summed E-state index contributed by atoms with van der Waals surface area (Å²) in [6.07, 6.45) is 4.82. The lowest BCUT2D eigenvalue weighted by atomic mass is 10.2. The number of nitrogens with one attached hydrogen (secondary N) is 1. The van der Waals surface area contributed by atoms with Gasteiger partial charge in [0.25, 0.3) is 0 Å². The highest BCUT2D eigenvalue weighted by molar-refractivity contribution is 5.12. The van der Waals surface area contributed by atoms with Crippen molar-refractivity contribution in [2.24, 2.45) is 0 Å². The zero-order valence-electron chi connectivity index (χ0n) is 8.14. The van der Waals surface area contributed by atoms with Gasteiger partial charge in [0.05, 0.1) is 12.2 Å². The Morgan fingerprint density at radius 1 is 1.64 bits per heavy atom. The van der Waals surface area contributed by atoms with Gasteiger partial charge in [-0.1, -0.05) is 0 Å². The molecular weight excluding hydrogens is 178 g/mol. The van der Waals surface area contributed by atoms with E-state index in [9.17, 15) is 0 Å². The summed E-state index contributed by atoms with van der Waals surface area (Å²) in [5, 5.41) is 20.1. The molecule has 0 bridgehead atoms. The molecule has 1 heterocycles. The van der Waals surface area contributed by atoms with E-state index in [0.29, 0.717) is 17.8 Å². The summed E-state index contributed by atoms with van der Waals surface area (Å²) >= 11 is 0. The summed E-state index contributed by atoms with van der Waals surface area (Å²) in [6, 6.07) is 2.91. The highest BCUT2D eigenvalue weighted by Crippen LogP contribution is 2.28. The Kier molecular flexibility index (Phi) is 2.46. The van der Waals surface area contributed by atoms with E-state index in [0.717, 1.165) is 19.3 Å². The lowest BCUT2D eigenvalue weighted by Gasteiger charge is -2.09. The van der Waals surface area contributed by atoms with Crippen molar-refractivity contribution in [3.05, 3.63) is 11.9 Å². The highest BCUT2D eigenvalue weighted by Gasteiger charge is 2.26. The third-order valence-electron chi connectivity index (χ3n) is 2.76. The van der Waals surface area contributed by atoms with Crippen LogP contribution in [-0.4, -0.2) is 28.1 Å². The molecule has 0 amide bonds. The maximum absolute atomic E-state index is 8.61. The molecule has 1 N–H and O–H groups in total. The number of nitriles is 1. The second kappa shape index (κ2) is 3.76. The SMILES string of the molecule is CNC1CCC(n2ncc(C#N)n2)C1. The zero-order chi connectivity index (χ0) is 9.97. The van der Waals surface area contributed by atoms with Crippen LogP contribution in [0.2, 0.25) is 0 Å². The van der Waals surface area contributed by atoms with Crippen LogP contribution < -0.4 is 5.32 Å². The normalized spacial score (nSPS) is 26.3. The van der Waals surface area contributed by atoms with Crippen molar-refractivity contribution in [2.45, 2.75) is 31.3 Å². The average Bonchev–Trinajstić information content (AvgIpc) is 2.86. The van der Waals surface area contributed by atoms with Gasteiger partial charge < -0.3 is 5.32 Å². The van der Waals surface area contributed by atoms with Crippen LogP contribution in [0.3, 0.4) is 0 Å². The first kappa shape index (κ1) is 9.16. The third-order valence-corrected chi connectivity index (χ3v) is 2.76. The van der Waals surface area contributed by atoms with Crippen molar-refractivity contribution in [1.82, 2.24) is 20.3 Å². The predicted molar refractivity (Wildman–Crippen MR) is 50.5 cm³/mol. The van der Waals surface area contributed by atoms with Crippen molar-refractivity contribution in [3.63, 3.8) is 0 Å². The van der Waals surface area contributed by atoms with Crippen molar-refractivity contribution in [2.75, 3.05) is 7.05 Å². The summed E-state index contributed by atoms with van der Waals surface area (Å²) in [5.74, 6) is 0. The fraction of sp³-hybridized carbons (Fsp3) is 0.667. The van der Waals surface area contributed by atoms with Gasteiger partial charge in [-0.2, -0.15) is 15.2 Å². The van der Waals surface area contributed by atoms with Crippen LogP contribution in [-0.2, 0) is 0 Å². The molecule has 0 aromatic carbocycles. The molecule has 1 aromatic rings. The van der Waals surface area contributed by atoms with Gasteiger partial charge in [-0.05, 0) is 26.3 Å². The Balaban J connectivity index is 2.06. The van der Waals surface area contributed by atoms with Gasteiger partial charge in [-0.3, -0.25) is 0 Å². The van der Waals surface area contributed by atoms with E-state index in [-0.39, 0.29) is 0 Å². The van der Waals surface area contributed by atoms with E-state index in [1.165, 1.54) is 6.20 Å². The topological polar surface area (TPSA) is 66.5 Å². The third kappa shape index (κ3) is 1.61. The standard InChI is InChI=1S/C9H13N5/c1-11-7-2-3-9(4-7)14-12-6-8(5-10)13-14/h6-7,9,11H,2-4H2,1H3. The van der Waals surface area contributed by atoms with E-state index in [1.807, 2.05) is 13.1 Å². The number of aromatic nitrogens is 3. The van der Waals surface area contributed by atoms with Crippen LogP contribution in [0.4, 0.5) is 0 Å². The van der Waals surface area contributed by atoms with Gasteiger partial charge in [0, 0.05) is 6.04 Å². The molecule has 1 aliphatic carbocycles. The predicted octanol–water partition coefficient (Wildman–Crippen LogP) is 0.463. The lowest BCUT2D eigenvalue weighted by Crippen LogP contribution is -2.22. The number of hydrogen-bond acceptors (Lipinski definition) is 4. The Morgan fingerprint density at radius 2 is 2.50 bits per heavy atom. The Hall–Kier alpha value is -1.41. The second-order valence-corrected chi connectivity index (χ2v) is 3.61. The minimum absolute atomic E-state index is 0.356. The second-order valence-electron chi connectivity index (χ2n) is 3.61. The largest absolute Gasteiger partial charge is 0.317 e. The fourth-order valence-electron chi connectivity index (χ4n) is 1.93. The first-order valence-corrected chi connectivity index (χ1v) is 4.82. The van der Waals surface area contributed by atoms with E-state index in [2.05, 4.69) is 15.5 Å². The van der Waals surface area contributed by atoms with Gasteiger partial charge in [-0.25, -0.2) is 0 Å². The maximum atomic E-state index is 8.61. The molecule has 5 nitrogen and oxygen atoms in total. The smallest absolute Gasteiger partial charge is 0.182 e. The summed E-state index contributed by atoms with van der Waals surface area (Å²) in [4.78, 5) is 1.68. The first-order valence-electron chi connectivity index (χ1n) is 4.82. The molecule has 5 heteroatoms. The Labute approximate surface area is 82.7 Å². The molecule has 1 fully saturated rings. The van der Waals surface area contributed by atoms with Crippen LogP contribution in [0, 0.1) is 11.3 Å². The van der Waals surface area contributed by atoms with E-state index in [4.69, 9.17) is 5.26 Å². The zero-order valence-corrected chi connectivity index (χ0v) is 8.14. The fourth-order valence-corrected chi connectivity index (χ4v) is 1.93. The van der Waals surface area contributed by atoms with E-state index < -0.39 is 0 Å². The van der Waals surface area contributed by atoms with Crippen LogP contribution in [0.1, 0.15) is 31.0 Å². The number of hydrogen-bond donors (Lipinski definition) is 1. The van der Waals surface area contributed by atoms with Crippen LogP contribution in [0.25, 0.3) is 0 Å². The quantitative estimate of drug-likeness (QED) is 0.737. The maximum Gasteiger partial charge on any atom is 0.182 e. The molecule has 0 radical (unpaired) electrons. The van der Waals surface area contributed by atoms with Gasteiger partial charge in [0.2, 0.25) is 0 Å². The summed E-state index contributed by atoms with van der Waals surface area (Å²) < 4.78 is 0. The van der Waals surface area contributed by atoms with Gasteiger partial charge >= 0.3 is 0 Å².